The molecule has 4 rings (SSSR count). The highest BCUT2D eigenvalue weighted by atomic mass is 19.4. The number of allylic oxidation sites excluding steroid dienone is 1. The van der Waals surface area contributed by atoms with Crippen molar-refractivity contribution < 1.29 is 37.0 Å². The summed E-state index contributed by atoms with van der Waals surface area (Å²) in [6.45, 7) is 4.85. The lowest BCUT2D eigenvalue weighted by Gasteiger charge is -2.32. The van der Waals surface area contributed by atoms with Gasteiger partial charge < -0.3 is 9.47 Å². The Morgan fingerprint density at radius 3 is 2.33 bits per heavy atom. The van der Waals surface area contributed by atoms with Crippen molar-refractivity contribution in [3.8, 4) is 5.75 Å². The van der Waals surface area contributed by atoms with Gasteiger partial charge >= 0.3 is 18.1 Å². The number of rotatable bonds is 5. The van der Waals surface area contributed by atoms with Crippen LogP contribution < -0.4 is 10.2 Å². The van der Waals surface area contributed by atoms with Crippen LogP contribution >= 0.6 is 0 Å². The first-order valence-electron chi connectivity index (χ1n) is 12.1. The van der Waals surface area contributed by atoms with E-state index >= 15 is 0 Å². The summed E-state index contributed by atoms with van der Waals surface area (Å²) in [5.41, 5.74) is 2.75. The highest BCUT2D eigenvalue weighted by Gasteiger charge is 2.46. The van der Waals surface area contributed by atoms with E-state index in [1.165, 1.54) is 44.2 Å². The lowest BCUT2D eigenvalue weighted by atomic mass is 9.74. The normalized spacial score (nSPS) is 21.5. The van der Waals surface area contributed by atoms with Crippen LogP contribution in [0.5, 0.6) is 5.75 Å². The Hall–Kier alpha value is -4.28. The molecule has 0 radical (unpaired) electrons. The van der Waals surface area contributed by atoms with E-state index in [2.05, 4.69) is 15.5 Å². The summed E-state index contributed by atoms with van der Waals surface area (Å²) in [6.07, 6.45) is -4.46. The van der Waals surface area contributed by atoms with Crippen molar-refractivity contribution in [3.05, 3.63) is 76.5 Å². The fourth-order valence-corrected chi connectivity index (χ4v) is 4.95. The highest BCUT2D eigenvalue weighted by Crippen LogP contribution is 2.45. The molecule has 11 heteroatoms. The van der Waals surface area contributed by atoms with Gasteiger partial charge in [-0.3, -0.25) is 14.6 Å². The zero-order valence-electron chi connectivity index (χ0n) is 21.6. The van der Waals surface area contributed by atoms with Gasteiger partial charge in [0.05, 0.1) is 24.0 Å². The van der Waals surface area contributed by atoms with Crippen molar-refractivity contribution in [2.45, 2.75) is 39.3 Å². The molecule has 3 atom stereocenters. The van der Waals surface area contributed by atoms with Gasteiger partial charge in [-0.2, -0.15) is 18.3 Å². The zero-order valence-corrected chi connectivity index (χ0v) is 21.6. The summed E-state index contributed by atoms with van der Waals surface area (Å²) in [7, 11) is 1.12. The van der Waals surface area contributed by atoms with Gasteiger partial charge in [-0.25, -0.2) is 10.2 Å². The minimum Gasteiger partial charge on any atom is -0.468 e. The Morgan fingerprint density at radius 2 is 1.72 bits per heavy atom. The molecule has 0 aromatic heterocycles. The van der Waals surface area contributed by atoms with Gasteiger partial charge in [-0.05, 0) is 55.3 Å². The number of esters is 2. The second-order valence-corrected chi connectivity index (χ2v) is 9.37. The van der Waals surface area contributed by atoms with Crippen LogP contribution in [0.2, 0.25) is 0 Å². The maximum Gasteiger partial charge on any atom is 0.416 e. The minimum atomic E-state index is -4.74. The second-order valence-electron chi connectivity index (χ2n) is 9.37. The van der Waals surface area contributed by atoms with Crippen molar-refractivity contribution in [2.75, 3.05) is 7.11 Å². The molecule has 0 aliphatic carbocycles. The predicted octanol–water partition coefficient (Wildman–Crippen LogP) is 4.79. The molecule has 2 aliphatic rings. The van der Waals surface area contributed by atoms with Gasteiger partial charge in [-0.1, -0.05) is 25.1 Å². The predicted molar refractivity (Wildman–Crippen MR) is 136 cm³/mol. The van der Waals surface area contributed by atoms with Crippen LogP contribution in [0.15, 0.2) is 69.9 Å². The molecule has 1 amide bonds. The number of halogens is 3. The lowest BCUT2D eigenvalue weighted by molar-refractivity contribution is -0.145. The maximum absolute atomic E-state index is 14.0. The molecule has 39 heavy (non-hydrogen) atoms. The fourth-order valence-electron chi connectivity index (χ4n) is 4.95. The molecule has 2 aliphatic heterocycles. The number of benzene rings is 2. The van der Waals surface area contributed by atoms with Crippen LogP contribution in [0.1, 0.15) is 49.8 Å². The summed E-state index contributed by atoms with van der Waals surface area (Å²) in [6, 6.07) is 11.1. The fraction of sp³-hybridized carbons (Fsp3) is 0.321. The van der Waals surface area contributed by atoms with Crippen LogP contribution in [-0.4, -0.2) is 36.4 Å². The lowest BCUT2D eigenvalue weighted by Crippen LogP contribution is -2.37. The second kappa shape index (κ2) is 10.8. The zero-order chi connectivity index (χ0) is 28.5. The smallest absolute Gasteiger partial charge is 0.416 e. The van der Waals surface area contributed by atoms with Crippen molar-refractivity contribution in [1.29, 1.82) is 0 Å². The quantitative estimate of drug-likeness (QED) is 0.433. The molecule has 0 saturated heterocycles. The molecular formula is C28H26F3N3O5. The molecule has 0 spiro atoms. The Morgan fingerprint density at radius 1 is 1.05 bits per heavy atom. The first-order valence-corrected chi connectivity index (χ1v) is 12.1. The monoisotopic (exact) mass is 541 g/mol. The molecule has 1 N–H and O–H groups in total. The molecule has 0 bridgehead atoms. The Bertz CT molecular complexity index is 1410. The van der Waals surface area contributed by atoms with E-state index in [0.717, 1.165) is 13.2 Å². The summed E-state index contributed by atoms with van der Waals surface area (Å²) >= 11 is 0. The summed E-state index contributed by atoms with van der Waals surface area (Å²) < 4.78 is 52.5. The Balaban J connectivity index is 1.72. The Labute approximate surface area is 222 Å². The molecule has 8 nitrogen and oxygen atoms in total. The van der Waals surface area contributed by atoms with E-state index in [9.17, 15) is 27.6 Å². The number of carbonyl (C=O) groups is 3. The van der Waals surface area contributed by atoms with Crippen LogP contribution in [0, 0.1) is 11.8 Å². The molecule has 2 aromatic rings. The van der Waals surface area contributed by atoms with Gasteiger partial charge in [0, 0.05) is 29.7 Å². The van der Waals surface area contributed by atoms with E-state index in [1.54, 1.807) is 12.1 Å². The number of nitrogens with one attached hydrogen (secondary N) is 1. The number of amides is 1. The van der Waals surface area contributed by atoms with Crippen LogP contribution in [0.25, 0.3) is 0 Å². The number of nitrogens with zero attached hydrogens (tertiary/aromatic N) is 2. The average Bonchev–Trinajstić information content (AvgIpc) is 2.88. The third kappa shape index (κ3) is 5.62. The van der Waals surface area contributed by atoms with Crippen molar-refractivity contribution in [1.82, 2.24) is 5.43 Å². The number of ether oxygens (including phenoxy) is 2. The first kappa shape index (κ1) is 27.7. The van der Waals surface area contributed by atoms with Crippen molar-refractivity contribution >= 4 is 29.3 Å². The SMILES string of the molecule is COC(=O)C1C(C)=NC(C)=C(C(=O)Oc2ccc(C3=NNC(=O)CC3C)cc2)C1c1ccccc1C(F)(F)F. The van der Waals surface area contributed by atoms with Crippen molar-refractivity contribution in [3.63, 3.8) is 0 Å². The van der Waals surface area contributed by atoms with E-state index in [0.29, 0.717) is 11.3 Å². The molecule has 2 heterocycles. The highest BCUT2D eigenvalue weighted by molar-refractivity contribution is 6.08. The molecular weight excluding hydrogens is 515 g/mol. The number of alkyl halides is 3. The summed E-state index contributed by atoms with van der Waals surface area (Å²) in [5.74, 6) is -4.56. The van der Waals surface area contributed by atoms with Crippen molar-refractivity contribution in [2.24, 2.45) is 21.9 Å². The number of carbonyl (C=O) groups excluding carboxylic acids is 3. The van der Waals surface area contributed by atoms with E-state index in [1.807, 2.05) is 6.92 Å². The van der Waals surface area contributed by atoms with Gasteiger partial charge in [0.15, 0.2) is 0 Å². The van der Waals surface area contributed by atoms with Gasteiger partial charge in [0.2, 0.25) is 5.91 Å². The number of hydrazone groups is 1. The van der Waals surface area contributed by atoms with Crippen LogP contribution in [-0.2, 0) is 25.3 Å². The van der Waals surface area contributed by atoms with E-state index in [-0.39, 0.29) is 46.5 Å². The average molecular weight is 542 g/mol. The van der Waals surface area contributed by atoms with E-state index < -0.39 is 35.5 Å². The molecule has 0 saturated carbocycles. The van der Waals surface area contributed by atoms with Crippen LogP contribution in [0.3, 0.4) is 0 Å². The summed E-state index contributed by atoms with van der Waals surface area (Å²) in [4.78, 5) is 42.1. The molecule has 0 fully saturated rings. The van der Waals surface area contributed by atoms with Gasteiger partial charge in [0.25, 0.3) is 0 Å². The summed E-state index contributed by atoms with van der Waals surface area (Å²) in [5, 5.41) is 4.10. The number of hydrogen-bond acceptors (Lipinski definition) is 7. The third-order valence-corrected chi connectivity index (χ3v) is 6.72. The third-order valence-electron chi connectivity index (χ3n) is 6.72. The number of methoxy groups -OCH3 is 1. The van der Waals surface area contributed by atoms with Gasteiger partial charge in [-0.15, -0.1) is 0 Å². The van der Waals surface area contributed by atoms with Gasteiger partial charge in [0.1, 0.15) is 11.7 Å². The maximum atomic E-state index is 14.0. The molecule has 2 aromatic carbocycles. The number of hydrogen-bond donors (Lipinski definition) is 1. The largest absolute Gasteiger partial charge is 0.468 e. The van der Waals surface area contributed by atoms with Crippen LogP contribution in [0.4, 0.5) is 13.2 Å². The minimum absolute atomic E-state index is 0.118. The number of aliphatic imine (C=N–C) groups is 1. The Kier molecular flexibility index (Phi) is 7.71. The molecule has 3 unspecified atom stereocenters. The molecule has 204 valence electrons. The first-order chi connectivity index (χ1) is 18.4. The van der Waals surface area contributed by atoms with E-state index in [4.69, 9.17) is 9.47 Å². The topological polar surface area (TPSA) is 106 Å². The standard InChI is InChI=1S/C28H26F3N3O5/c1-14-13-21(35)33-34-25(14)17-9-11-18(12-10-17)39-27(37)23-16(3)32-15(2)22(26(36)38-4)24(23)19-7-5-6-8-20(19)28(29,30)31/h5-12,14,22,24H,13H2,1-4H3,(H,33,35).